The highest BCUT2D eigenvalue weighted by Gasteiger charge is 2.22. The van der Waals surface area contributed by atoms with Crippen LogP contribution in [0, 0.1) is 6.92 Å². The van der Waals surface area contributed by atoms with Crippen LogP contribution in [0.5, 0.6) is 0 Å². The van der Waals surface area contributed by atoms with Gasteiger partial charge in [-0.15, -0.1) is 0 Å². The van der Waals surface area contributed by atoms with Crippen LogP contribution >= 0.6 is 0 Å². The lowest BCUT2D eigenvalue weighted by atomic mass is 10.0. The summed E-state index contributed by atoms with van der Waals surface area (Å²) in [5, 5.41) is 0. The van der Waals surface area contributed by atoms with Gasteiger partial charge < -0.3 is 0 Å². The first-order valence-electron chi connectivity index (χ1n) is 7.03. The summed E-state index contributed by atoms with van der Waals surface area (Å²) >= 11 is 0. The third-order valence-electron chi connectivity index (χ3n) is 3.90. The Hall–Kier alpha value is -1.15. The van der Waals surface area contributed by atoms with Crippen molar-refractivity contribution in [2.24, 2.45) is 0 Å². The molecule has 1 atom stereocenters. The van der Waals surface area contributed by atoms with Gasteiger partial charge in [-0.1, -0.05) is 42.7 Å². The van der Waals surface area contributed by atoms with Gasteiger partial charge in [0.05, 0.1) is 6.04 Å². The van der Waals surface area contributed by atoms with E-state index in [0.29, 0.717) is 0 Å². The second-order valence-corrected chi connectivity index (χ2v) is 5.36. The van der Waals surface area contributed by atoms with Gasteiger partial charge in [0, 0.05) is 5.56 Å². The molecule has 0 bridgehead atoms. The fraction of sp³-hybridized carbons (Fsp3) is 0.562. The Kier molecular flexibility index (Phi) is 4.54. The van der Waals surface area contributed by atoms with Crippen LogP contribution in [0.25, 0.3) is 0 Å². The highest BCUT2D eigenvalue weighted by molar-refractivity contribution is 5.99. The van der Waals surface area contributed by atoms with E-state index in [0.717, 1.165) is 18.7 Å². The Morgan fingerprint density at radius 2 is 1.61 bits per heavy atom. The molecule has 1 aromatic rings. The minimum absolute atomic E-state index is 0.0193. The number of rotatable bonds is 3. The molecule has 0 amide bonds. The van der Waals surface area contributed by atoms with E-state index in [2.05, 4.69) is 4.90 Å². The Labute approximate surface area is 110 Å². The standard InChI is InChI=1S/C16H23NO/c1-13-7-9-15(10-8-13)16(18)14(2)17-11-5-3-4-6-12-17/h7-10,14H,3-6,11-12H2,1-2H3. The summed E-state index contributed by atoms with van der Waals surface area (Å²) in [7, 11) is 0. The minimum Gasteiger partial charge on any atom is -0.294 e. The summed E-state index contributed by atoms with van der Waals surface area (Å²) in [5.41, 5.74) is 2.05. The predicted octanol–water partition coefficient (Wildman–Crippen LogP) is 3.44. The number of hydrogen-bond donors (Lipinski definition) is 0. The van der Waals surface area contributed by atoms with E-state index < -0.39 is 0 Å². The molecule has 0 aliphatic carbocycles. The van der Waals surface area contributed by atoms with Gasteiger partial charge in [0.2, 0.25) is 0 Å². The third kappa shape index (κ3) is 3.20. The zero-order valence-corrected chi connectivity index (χ0v) is 11.5. The zero-order valence-electron chi connectivity index (χ0n) is 11.5. The van der Waals surface area contributed by atoms with Crippen LogP contribution < -0.4 is 0 Å². The van der Waals surface area contributed by atoms with Crippen LogP contribution in [-0.2, 0) is 0 Å². The van der Waals surface area contributed by atoms with Crippen LogP contribution in [0.15, 0.2) is 24.3 Å². The molecule has 2 heteroatoms. The fourth-order valence-corrected chi connectivity index (χ4v) is 2.61. The molecule has 1 aliphatic rings. The van der Waals surface area contributed by atoms with Crippen LogP contribution in [0.1, 0.15) is 48.5 Å². The molecule has 1 heterocycles. The lowest BCUT2D eigenvalue weighted by Gasteiger charge is -2.26. The Morgan fingerprint density at radius 3 is 2.17 bits per heavy atom. The highest BCUT2D eigenvalue weighted by Crippen LogP contribution is 2.16. The second kappa shape index (κ2) is 6.14. The molecule has 0 spiro atoms. The van der Waals surface area contributed by atoms with Crippen LogP contribution in [0.4, 0.5) is 0 Å². The van der Waals surface area contributed by atoms with E-state index in [1.54, 1.807) is 0 Å². The topological polar surface area (TPSA) is 20.3 Å². The molecule has 2 nitrogen and oxygen atoms in total. The minimum atomic E-state index is 0.0193. The molecule has 18 heavy (non-hydrogen) atoms. The molecule has 1 aromatic carbocycles. The lowest BCUT2D eigenvalue weighted by molar-refractivity contribution is 0.0843. The van der Waals surface area contributed by atoms with Crippen molar-refractivity contribution in [2.75, 3.05) is 13.1 Å². The maximum Gasteiger partial charge on any atom is 0.179 e. The molecule has 1 saturated heterocycles. The average molecular weight is 245 g/mol. The van der Waals surface area contributed by atoms with Crippen LogP contribution in [0.3, 0.4) is 0 Å². The van der Waals surface area contributed by atoms with Crippen LogP contribution in [0.2, 0.25) is 0 Å². The summed E-state index contributed by atoms with van der Waals surface area (Å²) in [4.78, 5) is 14.8. The smallest absolute Gasteiger partial charge is 0.179 e. The monoisotopic (exact) mass is 245 g/mol. The molecule has 0 aromatic heterocycles. The average Bonchev–Trinajstić information content (AvgIpc) is 2.67. The molecular weight excluding hydrogens is 222 g/mol. The van der Waals surface area contributed by atoms with Crippen molar-refractivity contribution >= 4 is 5.78 Å². The van der Waals surface area contributed by atoms with Gasteiger partial charge in [0.1, 0.15) is 0 Å². The Morgan fingerprint density at radius 1 is 1.06 bits per heavy atom. The lowest BCUT2D eigenvalue weighted by Crippen LogP contribution is -2.39. The van der Waals surface area contributed by atoms with Crippen molar-refractivity contribution < 1.29 is 4.79 Å². The van der Waals surface area contributed by atoms with Gasteiger partial charge in [-0.3, -0.25) is 9.69 Å². The van der Waals surface area contributed by atoms with E-state index in [9.17, 15) is 4.79 Å². The Balaban J connectivity index is 2.05. The summed E-state index contributed by atoms with van der Waals surface area (Å²) in [5.74, 6) is 0.261. The predicted molar refractivity (Wildman–Crippen MR) is 75.0 cm³/mol. The molecule has 1 aliphatic heterocycles. The SMILES string of the molecule is Cc1ccc(C(=O)C(C)N2CCCCCC2)cc1. The van der Waals surface area contributed by atoms with Crippen molar-refractivity contribution in [3.63, 3.8) is 0 Å². The largest absolute Gasteiger partial charge is 0.294 e. The number of nitrogens with zero attached hydrogens (tertiary/aromatic N) is 1. The normalized spacial score (nSPS) is 19.2. The summed E-state index contributed by atoms with van der Waals surface area (Å²) in [6, 6.07) is 7.95. The van der Waals surface area contributed by atoms with Crippen LogP contribution in [-0.4, -0.2) is 29.8 Å². The van der Waals surface area contributed by atoms with Crippen molar-refractivity contribution in [2.45, 2.75) is 45.6 Å². The molecule has 0 radical (unpaired) electrons. The second-order valence-electron chi connectivity index (χ2n) is 5.36. The number of hydrogen-bond acceptors (Lipinski definition) is 2. The van der Waals surface area contributed by atoms with Gasteiger partial charge >= 0.3 is 0 Å². The first-order chi connectivity index (χ1) is 8.68. The third-order valence-corrected chi connectivity index (χ3v) is 3.90. The molecule has 1 unspecified atom stereocenters. The molecule has 0 saturated carbocycles. The summed E-state index contributed by atoms with van der Waals surface area (Å²) in [6.07, 6.45) is 5.07. The summed E-state index contributed by atoms with van der Waals surface area (Å²) in [6.45, 7) is 6.23. The maximum atomic E-state index is 12.4. The van der Waals surface area contributed by atoms with E-state index in [1.165, 1.54) is 31.2 Å². The highest BCUT2D eigenvalue weighted by atomic mass is 16.1. The van der Waals surface area contributed by atoms with E-state index in [4.69, 9.17) is 0 Å². The van der Waals surface area contributed by atoms with Gasteiger partial charge in [-0.05, 0) is 39.8 Å². The van der Waals surface area contributed by atoms with Crippen molar-refractivity contribution in [1.29, 1.82) is 0 Å². The van der Waals surface area contributed by atoms with Gasteiger partial charge in [-0.2, -0.15) is 0 Å². The van der Waals surface area contributed by atoms with Gasteiger partial charge in [0.15, 0.2) is 5.78 Å². The van der Waals surface area contributed by atoms with E-state index >= 15 is 0 Å². The number of carbonyl (C=O) groups is 1. The molecular formula is C16H23NO. The van der Waals surface area contributed by atoms with Gasteiger partial charge in [0.25, 0.3) is 0 Å². The van der Waals surface area contributed by atoms with Crippen molar-refractivity contribution in [1.82, 2.24) is 4.90 Å². The first-order valence-corrected chi connectivity index (χ1v) is 7.03. The van der Waals surface area contributed by atoms with E-state index in [1.807, 2.05) is 38.1 Å². The van der Waals surface area contributed by atoms with Crippen molar-refractivity contribution in [3.05, 3.63) is 35.4 Å². The number of benzene rings is 1. The van der Waals surface area contributed by atoms with Gasteiger partial charge in [-0.25, -0.2) is 0 Å². The quantitative estimate of drug-likeness (QED) is 0.760. The number of likely N-dealkylation sites (tertiary alicyclic amines) is 1. The van der Waals surface area contributed by atoms with E-state index in [-0.39, 0.29) is 11.8 Å². The molecule has 1 fully saturated rings. The number of Topliss-reactive ketones (excluding diaryl/α,β-unsaturated/α-hetero) is 1. The summed E-state index contributed by atoms with van der Waals surface area (Å²) < 4.78 is 0. The zero-order chi connectivity index (χ0) is 13.0. The molecule has 98 valence electrons. The number of aryl methyl sites for hydroxylation is 1. The Bertz CT molecular complexity index is 388. The van der Waals surface area contributed by atoms with Crippen molar-refractivity contribution in [3.8, 4) is 0 Å². The fourth-order valence-electron chi connectivity index (χ4n) is 2.61. The molecule has 2 rings (SSSR count). The maximum absolute atomic E-state index is 12.4. The molecule has 0 N–H and O–H groups in total. The first kappa shape index (κ1) is 13.3. The number of ketones is 1. The number of carbonyl (C=O) groups excluding carboxylic acids is 1.